The zero-order valence-electron chi connectivity index (χ0n) is 11.7. The molecule has 1 aromatic carbocycles. The molecule has 2 N–H and O–H groups in total. The second kappa shape index (κ2) is 7.96. The number of aryl methyl sites for hydroxylation is 1. The van der Waals surface area contributed by atoms with Gasteiger partial charge in [-0.1, -0.05) is 12.1 Å². The summed E-state index contributed by atoms with van der Waals surface area (Å²) in [6, 6.07) is 4.10. The Morgan fingerprint density at radius 3 is 2.62 bits per heavy atom. The number of halogens is 1. The molecule has 0 bridgehead atoms. The number of carbonyl (C=O) groups excluding carboxylic acids is 2. The van der Waals surface area contributed by atoms with Crippen LogP contribution in [0, 0.1) is 10.5 Å². The number of nitrogens with one attached hydrogen (secondary N) is 1. The molecule has 0 aliphatic heterocycles. The fourth-order valence-corrected chi connectivity index (χ4v) is 2.28. The maximum atomic E-state index is 12.2. The minimum Gasteiger partial charge on any atom is -0.480 e. The van der Waals surface area contributed by atoms with E-state index in [-0.39, 0.29) is 12.8 Å². The highest BCUT2D eigenvalue weighted by Gasteiger charge is 2.23. The first kappa shape index (κ1) is 17.4. The molecule has 0 aliphatic carbocycles. The maximum absolute atomic E-state index is 12.2. The lowest BCUT2D eigenvalue weighted by Gasteiger charge is -2.15. The summed E-state index contributed by atoms with van der Waals surface area (Å²) in [5.74, 6) is -2.17. The molecule has 1 rings (SSSR count). The number of carbonyl (C=O) groups is 3. The lowest BCUT2D eigenvalue weighted by atomic mass is 10.1. The average Bonchev–Trinajstić information content (AvgIpc) is 2.45. The molecule has 1 aromatic rings. The Morgan fingerprint density at radius 1 is 1.38 bits per heavy atom. The third-order valence-electron chi connectivity index (χ3n) is 2.90. The van der Waals surface area contributed by atoms with Crippen molar-refractivity contribution in [2.75, 3.05) is 7.11 Å². The van der Waals surface area contributed by atoms with Gasteiger partial charge in [-0.05, 0) is 47.6 Å². The van der Waals surface area contributed by atoms with E-state index in [0.29, 0.717) is 5.56 Å². The third-order valence-corrected chi connectivity index (χ3v) is 4.34. The Labute approximate surface area is 136 Å². The van der Waals surface area contributed by atoms with Gasteiger partial charge in [-0.2, -0.15) is 0 Å². The van der Waals surface area contributed by atoms with Crippen LogP contribution in [-0.2, 0) is 14.3 Å². The maximum Gasteiger partial charge on any atom is 0.326 e. The van der Waals surface area contributed by atoms with Crippen molar-refractivity contribution in [2.45, 2.75) is 25.8 Å². The van der Waals surface area contributed by atoms with Crippen molar-refractivity contribution in [2.24, 2.45) is 0 Å². The van der Waals surface area contributed by atoms with Crippen LogP contribution in [0.15, 0.2) is 18.2 Å². The second-order valence-corrected chi connectivity index (χ2v) is 5.49. The largest absolute Gasteiger partial charge is 0.480 e. The van der Waals surface area contributed by atoms with Crippen molar-refractivity contribution in [3.05, 3.63) is 32.9 Å². The van der Waals surface area contributed by atoms with Crippen molar-refractivity contribution in [3.63, 3.8) is 0 Å². The molecule has 0 saturated heterocycles. The Kier molecular flexibility index (Phi) is 6.60. The van der Waals surface area contributed by atoms with Crippen LogP contribution in [0.3, 0.4) is 0 Å². The number of benzene rings is 1. The summed E-state index contributed by atoms with van der Waals surface area (Å²) in [5.41, 5.74) is 1.35. The monoisotopic (exact) mass is 405 g/mol. The van der Waals surface area contributed by atoms with E-state index < -0.39 is 23.9 Å². The number of amides is 1. The van der Waals surface area contributed by atoms with Gasteiger partial charge in [0.2, 0.25) is 0 Å². The molecule has 1 atom stereocenters. The van der Waals surface area contributed by atoms with E-state index in [0.717, 1.165) is 9.13 Å². The number of carboxylic acids is 1. The number of aliphatic carboxylic acids is 1. The van der Waals surface area contributed by atoms with Crippen LogP contribution in [0.4, 0.5) is 0 Å². The van der Waals surface area contributed by atoms with Crippen molar-refractivity contribution in [1.29, 1.82) is 0 Å². The summed E-state index contributed by atoms with van der Waals surface area (Å²) < 4.78 is 5.23. The molecule has 1 amide bonds. The van der Waals surface area contributed by atoms with Gasteiger partial charge in [-0.25, -0.2) is 4.79 Å². The summed E-state index contributed by atoms with van der Waals surface area (Å²) in [4.78, 5) is 34.4. The minimum absolute atomic E-state index is 0.0177. The number of carboxylic acid groups (broad SMARTS) is 1. The predicted octanol–water partition coefficient (Wildman–Crippen LogP) is 1.74. The summed E-state index contributed by atoms with van der Waals surface area (Å²) >= 11 is 2.04. The summed E-state index contributed by atoms with van der Waals surface area (Å²) in [5, 5.41) is 11.5. The lowest BCUT2D eigenvalue weighted by Crippen LogP contribution is -2.41. The van der Waals surface area contributed by atoms with E-state index >= 15 is 0 Å². The van der Waals surface area contributed by atoms with Crippen molar-refractivity contribution < 1.29 is 24.2 Å². The fraction of sp³-hybridized carbons (Fsp3) is 0.357. The molecule has 0 aliphatic rings. The molecule has 0 fully saturated rings. The zero-order valence-corrected chi connectivity index (χ0v) is 13.8. The summed E-state index contributed by atoms with van der Waals surface area (Å²) in [6.07, 6.45) is -0.0885. The number of esters is 1. The quantitative estimate of drug-likeness (QED) is 0.556. The average molecular weight is 405 g/mol. The lowest BCUT2D eigenvalue weighted by molar-refractivity contribution is -0.142. The first-order valence-corrected chi connectivity index (χ1v) is 7.30. The van der Waals surface area contributed by atoms with E-state index in [2.05, 4.69) is 10.1 Å². The highest BCUT2D eigenvalue weighted by Crippen LogP contribution is 2.17. The normalized spacial score (nSPS) is 11.6. The summed E-state index contributed by atoms with van der Waals surface area (Å²) in [7, 11) is 1.23. The molecule has 0 aromatic heterocycles. The van der Waals surface area contributed by atoms with E-state index in [1.807, 2.05) is 35.6 Å². The van der Waals surface area contributed by atoms with Gasteiger partial charge in [0.25, 0.3) is 5.91 Å². The molecule has 0 radical (unpaired) electrons. The third kappa shape index (κ3) is 5.00. The molecule has 0 saturated carbocycles. The van der Waals surface area contributed by atoms with E-state index in [4.69, 9.17) is 5.11 Å². The van der Waals surface area contributed by atoms with Crippen LogP contribution in [0.1, 0.15) is 28.8 Å². The molecule has 6 nitrogen and oxygen atoms in total. The van der Waals surface area contributed by atoms with Gasteiger partial charge in [-0.3, -0.25) is 9.59 Å². The first-order chi connectivity index (χ1) is 9.86. The zero-order chi connectivity index (χ0) is 16.0. The van der Waals surface area contributed by atoms with E-state index in [1.54, 1.807) is 12.1 Å². The molecular formula is C14H16INO5. The Balaban J connectivity index is 2.79. The number of rotatable bonds is 6. The number of hydrogen-bond acceptors (Lipinski definition) is 4. The number of hydrogen-bond donors (Lipinski definition) is 2. The predicted molar refractivity (Wildman–Crippen MR) is 84.0 cm³/mol. The summed E-state index contributed by atoms with van der Waals surface area (Å²) in [6.45, 7) is 1.87. The fourth-order valence-electron chi connectivity index (χ4n) is 1.68. The Hall–Kier alpha value is -1.64. The van der Waals surface area contributed by atoms with Gasteiger partial charge in [0.15, 0.2) is 0 Å². The van der Waals surface area contributed by atoms with Crippen LogP contribution in [0.5, 0.6) is 0 Å². The second-order valence-electron chi connectivity index (χ2n) is 4.42. The number of ether oxygens (including phenoxy) is 1. The molecule has 7 heteroatoms. The first-order valence-electron chi connectivity index (χ1n) is 6.22. The SMILES string of the molecule is COC(=O)CCC(NC(=O)c1cccc(C)c1I)C(=O)O. The minimum atomic E-state index is -1.19. The van der Waals surface area contributed by atoms with Crippen molar-refractivity contribution in [1.82, 2.24) is 5.32 Å². The van der Waals surface area contributed by atoms with Gasteiger partial charge in [0, 0.05) is 9.99 Å². The van der Waals surface area contributed by atoms with Crippen LogP contribution in [0.2, 0.25) is 0 Å². The van der Waals surface area contributed by atoms with E-state index in [1.165, 1.54) is 7.11 Å². The highest BCUT2D eigenvalue weighted by atomic mass is 127. The Bertz CT molecular complexity index is 558. The molecule has 1 unspecified atom stereocenters. The topological polar surface area (TPSA) is 92.7 Å². The van der Waals surface area contributed by atoms with Crippen LogP contribution >= 0.6 is 22.6 Å². The van der Waals surface area contributed by atoms with Crippen LogP contribution < -0.4 is 5.32 Å². The van der Waals surface area contributed by atoms with Gasteiger partial charge < -0.3 is 15.2 Å². The van der Waals surface area contributed by atoms with Crippen LogP contribution in [-0.4, -0.2) is 36.1 Å². The van der Waals surface area contributed by atoms with Crippen LogP contribution in [0.25, 0.3) is 0 Å². The van der Waals surface area contributed by atoms with Gasteiger partial charge >= 0.3 is 11.9 Å². The van der Waals surface area contributed by atoms with E-state index in [9.17, 15) is 14.4 Å². The molecular weight excluding hydrogens is 389 g/mol. The molecule has 114 valence electrons. The Morgan fingerprint density at radius 2 is 2.05 bits per heavy atom. The molecule has 0 spiro atoms. The van der Waals surface area contributed by atoms with Gasteiger partial charge in [-0.15, -0.1) is 0 Å². The van der Waals surface area contributed by atoms with Gasteiger partial charge in [0.05, 0.1) is 12.7 Å². The molecule has 21 heavy (non-hydrogen) atoms. The van der Waals surface area contributed by atoms with Gasteiger partial charge in [0.1, 0.15) is 6.04 Å². The smallest absolute Gasteiger partial charge is 0.326 e. The van der Waals surface area contributed by atoms with Crippen molar-refractivity contribution in [3.8, 4) is 0 Å². The highest BCUT2D eigenvalue weighted by molar-refractivity contribution is 14.1. The standard InChI is InChI=1S/C14H16INO5/c1-8-4-3-5-9(12(8)15)13(18)16-10(14(19)20)6-7-11(17)21-2/h3-5,10H,6-7H2,1-2H3,(H,16,18)(H,19,20). The number of methoxy groups -OCH3 is 1. The van der Waals surface area contributed by atoms with Crippen molar-refractivity contribution >= 4 is 40.4 Å². The molecule has 0 heterocycles.